The molecule has 0 radical (unpaired) electrons. The molecule has 0 spiro atoms. The van der Waals surface area contributed by atoms with Gasteiger partial charge in [-0.2, -0.15) is 4.31 Å². The largest absolute Gasteiger partial charge is 0.296 e. The maximum Gasteiger partial charge on any atom is 0.261 e. The van der Waals surface area contributed by atoms with Crippen molar-refractivity contribution in [3.8, 4) is 0 Å². The summed E-state index contributed by atoms with van der Waals surface area (Å²) in [7, 11) is -3.52. The maximum absolute atomic E-state index is 12.9. The second-order valence-corrected chi connectivity index (χ2v) is 9.44. The van der Waals surface area contributed by atoms with Crippen LogP contribution in [0.3, 0.4) is 0 Å². The van der Waals surface area contributed by atoms with E-state index in [9.17, 15) is 13.2 Å². The van der Waals surface area contributed by atoms with Crippen LogP contribution >= 0.6 is 11.6 Å². The van der Waals surface area contributed by atoms with Crippen LogP contribution in [0.5, 0.6) is 0 Å². The van der Waals surface area contributed by atoms with Crippen LogP contribution in [0, 0.1) is 6.92 Å². The number of fused-ring (bicyclic) bond motifs is 1. The van der Waals surface area contributed by atoms with Crippen LogP contribution in [0.25, 0.3) is 10.9 Å². The average molecular weight is 418 g/mol. The topological polar surface area (TPSA) is 72.3 Å². The fourth-order valence-electron chi connectivity index (χ4n) is 3.59. The Morgan fingerprint density at radius 2 is 1.75 bits per heavy atom. The molecular weight excluding hydrogens is 398 g/mol. The Balaban J connectivity index is 1.56. The molecule has 6 nitrogen and oxygen atoms in total. The Kier molecular flexibility index (Phi) is 4.99. The summed E-state index contributed by atoms with van der Waals surface area (Å²) in [5.41, 5.74) is 1.47. The molecule has 1 saturated heterocycles. The van der Waals surface area contributed by atoms with Crippen molar-refractivity contribution in [3.05, 3.63) is 69.7 Å². The number of hydrogen-bond acceptors (Lipinski definition) is 4. The molecule has 1 fully saturated rings. The van der Waals surface area contributed by atoms with Gasteiger partial charge in [0.2, 0.25) is 10.0 Å². The zero-order valence-corrected chi connectivity index (χ0v) is 16.9. The second-order valence-electron chi connectivity index (χ2n) is 7.07. The summed E-state index contributed by atoms with van der Waals surface area (Å²) in [6.07, 6.45) is 2.66. The molecule has 3 aromatic rings. The highest BCUT2D eigenvalue weighted by Crippen LogP contribution is 2.26. The van der Waals surface area contributed by atoms with Crippen LogP contribution in [0.15, 0.2) is 58.5 Å². The van der Waals surface area contributed by atoms with Gasteiger partial charge in [0.1, 0.15) is 0 Å². The summed E-state index contributed by atoms with van der Waals surface area (Å²) >= 11 is 6.02. The summed E-state index contributed by atoms with van der Waals surface area (Å²) in [4.78, 5) is 17.5. The van der Waals surface area contributed by atoms with E-state index in [4.69, 9.17) is 11.6 Å². The zero-order chi connectivity index (χ0) is 19.9. The summed E-state index contributed by atoms with van der Waals surface area (Å²) < 4.78 is 28.8. The molecule has 28 heavy (non-hydrogen) atoms. The standard InChI is InChI=1S/C20H20ClN3O3S/c1-14-2-5-17(6-3-14)28(26,27)23-10-8-16(9-11-23)24-13-22-19-7-4-15(21)12-18(19)20(24)25/h2-7,12-13,16H,8-11H2,1H3. The average Bonchev–Trinajstić information content (AvgIpc) is 2.69. The summed E-state index contributed by atoms with van der Waals surface area (Å²) in [6, 6.07) is 11.8. The van der Waals surface area contributed by atoms with Gasteiger partial charge in [0, 0.05) is 24.2 Å². The van der Waals surface area contributed by atoms with Crippen LogP contribution < -0.4 is 5.56 Å². The van der Waals surface area contributed by atoms with Gasteiger partial charge in [-0.05, 0) is 50.1 Å². The third kappa shape index (κ3) is 3.45. The summed E-state index contributed by atoms with van der Waals surface area (Å²) in [5, 5.41) is 0.966. The van der Waals surface area contributed by atoms with E-state index in [0.717, 1.165) is 5.56 Å². The molecule has 0 amide bonds. The highest BCUT2D eigenvalue weighted by Gasteiger charge is 2.30. The molecule has 2 aromatic carbocycles. The van der Waals surface area contributed by atoms with Gasteiger partial charge in [-0.3, -0.25) is 9.36 Å². The number of piperidine rings is 1. The number of hydrogen-bond donors (Lipinski definition) is 0. The minimum absolute atomic E-state index is 0.0900. The lowest BCUT2D eigenvalue weighted by molar-refractivity contribution is 0.269. The molecule has 1 aliphatic rings. The molecule has 0 unspecified atom stereocenters. The van der Waals surface area contributed by atoms with Crippen LogP contribution in [0.1, 0.15) is 24.4 Å². The number of halogens is 1. The van der Waals surface area contributed by atoms with E-state index in [1.54, 1.807) is 53.4 Å². The predicted molar refractivity (Wildman–Crippen MR) is 109 cm³/mol. The first-order chi connectivity index (χ1) is 13.4. The van der Waals surface area contributed by atoms with Crippen LogP contribution in [0.4, 0.5) is 0 Å². The number of rotatable bonds is 3. The van der Waals surface area contributed by atoms with E-state index < -0.39 is 10.0 Å². The Labute approximate surface area is 168 Å². The van der Waals surface area contributed by atoms with E-state index in [-0.39, 0.29) is 11.6 Å². The molecule has 8 heteroatoms. The molecule has 0 atom stereocenters. The maximum atomic E-state index is 12.9. The Hall–Kier alpha value is -2.22. The van der Waals surface area contributed by atoms with Crippen molar-refractivity contribution in [2.75, 3.05) is 13.1 Å². The van der Waals surface area contributed by atoms with Gasteiger partial charge in [-0.1, -0.05) is 29.3 Å². The molecule has 146 valence electrons. The molecule has 2 heterocycles. The molecule has 4 rings (SSSR count). The molecule has 0 N–H and O–H groups in total. The fourth-order valence-corrected chi connectivity index (χ4v) is 5.23. The van der Waals surface area contributed by atoms with E-state index in [2.05, 4.69) is 4.98 Å². The quantitative estimate of drug-likeness (QED) is 0.654. The predicted octanol–water partition coefficient (Wildman–Crippen LogP) is 3.38. The molecule has 1 aliphatic heterocycles. The number of benzene rings is 2. The van der Waals surface area contributed by atoms with Crippen molar-refractivity contribution < 1.29 is 8.42 Å². The SMILES string of the molecule is Cc1ccc(S(=O)(=O)N2CCC(n3cnc4ccc(Cl)cc4c3=O)CC2)cc1. The first kappa shape index (κ1) is 19.1. The highest BCUT2D eigenvalue weighted by molar-refractivity contribution is 7.89. The van der Waals surface area contributed by atoms with Crippen molar-refractivity contribution >= 4 is 32.5 Å². The third-order valence-electron chi connectivity index (χ3n) is 5.22. The molecular formula is C20H20ClN3O3S. The lowest BCUT2D eigenvalue weighted by atomic mass is 10.1. The number of nitrogens with zero attached hydrogens (tertiary/aromatic N) is 3. The van der Waals surface area contributed by atoms with Crippen LogP contribution in [-0.2, 0) is 10.0 Å². The smallest absolute Gasteiger partial charge is 0.261 e. The van der Waals surface area contributed by atoms with Gasteiger partial charge < -0.3 is 0 Å². The number of aryl methyl sites for hydroxylation is 1. The molecule has 0 aliphatic carbocycles. The van der Waals surface area contributed by atoms with E-state index in [0.29, 0.717) is 46.8 Å². The van der Waals surface area contributed by atoms with Gasteiger partial charge in [-0.15, -0.1) is 0 Å². The van der Waals surface area contributed by atoms with Gasteiger partial charge in [0.05, 0.1) is 22.1 Å². The van der Waals surface area contributed by atoms with Crippen molar-refractivity contribution in [3.63, 3.8) is 0 Å². The first-order valence-corrected chi connectivity index (χ1v) is 10.9. The van der Waals surface area contributed by atoms with Crippen LogP contribution in [-0.4, -0.2) is 35.4 Å². The van der Waals surface area contributed by atoms with Crippen molar-refractivity contribution in [2.45, 2.75) is 30.7 Å². The zero-order valence-electron chi connectivity index (χ0n) is 15.4. The Morgan fingerprint density at radius 3 is 2.43 bits per heavy atom. The monoisotopic (exact) mass is 417 g/mol. The van der Waals surface area contributed by atoms with Gasteiger partial charge in [0.25, 0.3) is 5.56 Å². The van der Waals surface area contributed by atoms with Crippen molar-refractivity contribution in [1.29, 1.82) is 0 Å². The second kappa shape index (κ2) is 7.31. The molecule has 1 aromatic heterocycles. The Morgan fingerprint density at radius 1 is 1.07 bits per heavy atom. The van der Waals surface area contributed by atoms with E-state index in [1.165, 1.54) is 4.31 Å². The fraction of sp³-hybridized carbons (Fsp3) is 0.300. The van der Waals surface area contributed by atoms with Gasteiger partial charge in [0.15, 0.2) is 0 Å². The molecule has 0 saturated carbocycles. The van der Waals surface area contributed by atoms with Crippen LogP contribution in [0.2, 0.25) is 5.02 Å². The highest BCUT2D eigenvalue weighted by atomic mass is 35.5. The normalized spacial score (nSPS) is 16.5. The van der Waals surface area contributed by atoms with Crippen molar-refractivity contribution in [2.24, 2.45) is 0 Å². The number of sulfonamides is 1. The van der Waals surface area contributed by atoms with Gasteiger partial charge >= 0.3 is 0 Å². The summed E-state index contributed by atoms with van der Waals surface area (Å²) in [5.74, 6) is 0. The first-order valence-electron chi connectivity index (χ1n) is 9.09. The van der Waals surface area contributed by atoms with Gasteiger partial charge in [-0.25, -0.2) is 13.4 Å². The minimum Gasteiger partial charge on any atom is -0.296 e. The summed E-state index contributed by atoms with van der Waals surface area (Å²) in [6.45, 7) is 2.65. The van der Waals surface area contributed by atoms with E-state index >= 15 is 0 Å². The molecule has 0 bridgehead atoms. The third-order valence-corrected chi connectivity index (χ3v) is 7.37. The Bertz CT molecular complexity index is 1180. The lowest BCUT2D eigenvalue weighted by Crippen LogP contribution is -2.40. The van der Waals surface area contributed by atoms with E-state index in [1.807, 2.05) is 6.92 Å². The minimum atomic E-state index is -3.52. The van der Waals surface area contributed by atoms with Crippen molar-refractivity contribution in [1.82, 2.24) is 13.9 Å². The lowest BCUT2D eigenvalue weighted by Gasteiger charge is -2.32. The number of aromatic nitrogens is 2.